The van der Waals surface area contributed by atoms with Crippen LogP contribution in [0.25, 0.3) is 0 Å². The Bertz CT molecular complexity index is 624. The summed E-state index contributed by atoms with van der Waals surface area (Å²) in [5.41, 5.74) is 1.99. The highest BCUT2D eigenvalue weighted by molar-refractivity contribution is 5.76. The minimum Gasteiger partial charge on any atom is -0.356 e. The average molecular weight is 312 g/mol. The Morgan fingerprint density at radius 1 is 1.35 bits per heavy atom. The van der Waals surface area contributed by atoms with Gasteiger partial charge in [-0.05, 0) is 37.6 Å². The van der Waals surface area contributed by atoms with Crippen LogP contribution >= 0.6 is 0 Å². The van der Waals surface area contributed by atoms with E-state index in [2.05, 4.69) is 34.3 Å². The molecule has 1 N–H and O–H groups in total. The number of piperazine rings is 1. The molecule has 0 bridgehead atoms. The van der Waals surface area contributed by atoms with Crippen molar-refractivity contribution in [2.45, 2.75) is 31.3 Å². The number of amides is 1. The molecule has 0 aromatic heterocycles. The molecule has 0 radical (unpaired) electrons. The second-order valence-electron chi connectivity index (χ2n) is 6.77. The van der Waals surface area contributed by atoms with Gasteiger partial charge < -0.3 is 5.32 Å². The molecular formula is C18H24N4O. The Hall–Kier alpha value is -1.90. The SMILES string of the molecule is CN1CCN(Cc2cccc(C#N)c2)C[C@]12CCNC(=O)CC2. The lowest BCUT2D eigenvalue weighted by molar-refractivity contribution is -0.121. The van der Waals surface area contributed by atoms with Gasteiger partial charge in [-0.3, -0.25) is 14.6 Å². The number of hydrogen-bond donors (Lipinski definition) is 1. The molecule has 2 aliphatic heterocycles. The van der Waals surface area contributed by atoms with Gasteiger partial charge >= 0.3 is 0 Å². The van der Waals surface area contributed by atoms with Gasteiger partial charge in [-0.15, -0.1) is 0 Å². The van der Waals surface area contributed by atoms with Gasteiger partial charge in [0.15, 0.2) is 0 Å². The van der Waals surface area contributed by atoms with E-state index < -0.39 is 0 Å². The van der Waals surface area contributed by atoms with Crippen LogP contribution in [-0.4, -0.2) is 54.5 Å². The number of hydrogen-bond acceptors (Lipinski definition) is 4. The van der Waals surface area contributed by atoms with Gasteiger partial charge in [0, 0.05) is 44.7 Å². The first-order valence-corrected chi connectivity index (χ1v) is 8.31. The summed E-state index contributed by atoms with van der Waals surface area (Å²) in [5, 5.41) is 12.0. The first kappa shape index (κ1) is 16.0. The maximum Gasteiger partial charge on any atom is 0.220 e. The summed E-state index contributed by atoms with van der Waals surface area (Å²) >= 11 is 0. The van der Waals surface area contributed by atoms with Gasteiger partial charge in [0.05, 0.1) is 11.6 Å². The van der Waals surface area contributed by atoms with E-state index in [1.165, 1.54) is 5.56 Å². The van der Waals surface area contributed by atoms with Crippen molar-refractivity contribution < 1.29 is 4.79 Å². The van der Waals surface area contributed by atoms with E-state index in [4.69, 9.17) is 5.26 Å². The van der Waals surface area contributed by atoms with E-state index in [1.807, 2.05) is 18.2 Å². The normalized spacial score (nSPS) is 26.5. The topological polar surface area (TPSA) is 59.4 Å². The van der Waals surface area contributed by atoms with Crippen LogP contribution in [0.4, 0.5) is 0 Å². The number of nitriles is 1. The molecular weight excluding hydrogens is 288 g/mol. The van der Waals surface area contributed by atoms with Gasteiger partial charge in [-0.2, -0.15) is 5.26 Å². The summed E-state index contributed by atoms with van der Waals surface area (Å²) < 4.78 is 0. The molecule has 3 rings (SSSR count). The van der Waals surface area contributed by atoms with Crippen molar-refractivity contribution in [3.8, 4) is 6.07 Å². The summed E-state index contributed by atoms with van der Waals surface area (Å²) in [6.07, 6.45) is 2.54. The lowest BCUT2D eigenvalue weighted by Gasteiger charge is -2.49. The largest absolute Gasteiger partial charge is 0.356 e. The number of carbonyl (C=O) groups excluding carboxylic acids is 1. The molecule has 2 fully saturated rings. The second-order valence-corrected chi connectivity index (χ2v) is 6.77. The molecule has 2 heterocycles. The van der Waals surface area contributed by atoms with Crippen LogP contribution in [0.3, 0.4) is 0 Å². The third-order valence-electron chi connectivity index (χ3n) is 5.27. The smallest absolute Gasteiger partial charge is 0.220 e. The van der Waals surface area contributed by atoms with E-state index >= 15 is 0 Å². The summed E-state index contributed by atoms with van der Waals surface area (Å²) in [7, 11) is 2.18. The molecule has 122 valence electrons. The Kier molecular flexibility index (Phi) is 4.65. The monoisotopic (exact) mass is 312 g/mol. The fraction of sp³-hybridized carbons (Fsp3) is 0.556. The van der Waals surface area contributed by atoms with Crippen molar-refractivity contribution in [1.29, 1.82) is 5.26 Å². The molecule has 1 spiro atoms. The highest BCUT2D eigenvalue weighted by Gasteiger charge is 2.40. The van der Waals surface area contributed by atoms with E-state index in [-0.39, 0.29) is 11.4 Å². The molecule has 0 unspecified atom stereocenters. The number of nitrogens with one attached hydrogen (secondary N) is 1. The van der Waals surface area contributed by atoms with Crippen LogP contribution in [0.5, 0.6) is 0 Å². The molecule has 5 nitrogen and oxygen atoms in total. The predicted molar refractivity (Wildman–Crippen MR) is 88.7 cm³/mol. The van der Waals surface area contributed by atoms with Crippen LogP contribution < -0.4 is 5.32 Å². The molecule has 5 heteroatoms. The third-order valence-corrected chi connectivity index (χ3v) is 5.27. The van der Waals surface area contributed by atoms with Crippen molar-refractivity contribution in [1.82, 2.24) is 15.1 Å². The van der Waals surface area contributed by atoms with Gasteiger partial charge in [-0.25, -0.2) is 0 Å². The lowest BCUT2D eigenvalue weighted by Crippen LogP contribution is -2.60. The van der Waals surface area contributed by atoms with Crippen molar-refractivity contribution in [2.24, 2.45) is 0 Å². The zero-order chi connectivity index (χ0) is 16.3. The van der Waals surface area contributed by atoms with Gasteiger partial charge in [0.25, 0.3) is 0 Å². The number of likely N-dealkylation sites (N-methyl/N-ethyl adjacent to an activating group) is 1. The van der Waals surface area contributed by atoms with Gasteiger partial charge in [0.1, 0.15) is 0 Å². The van der Waals surface area contributed by atoms with E-state index in [9.17, 15) is 4.79 Å². The Balaban J connectivity index is 1.72. The molecule has 23 heavy (non-hydrogen) atoms. The second kappa shape index (κ2) is 6.69. The molecule has 1 aromatic carbocycles. The predicted octanol–water partition coefficient (Wildman–Crippen LogP) is 1.34. The third kappa shape index (κ3) is 3.54. The van der Waals surface area contributed by atoms with E-state index in [0.29, 0.717) is 6.42 Å². The molecule has 2 aliphatic rings. The van der Waals surface area contributed by atoms with Crippen LogP contribution in [0.15, 0.2) is 24.3 Å². The Labute approximate surface area is 137 Å². The summed E-state index contributed by atoms with van der Waals surface area (Å²) in [5.74, 6) is 0.175. The summed E-state index contributed by atoms with van der Waals surface area (Å²) in [6.45, 7) is 4.66. The maximum absolute atomic E-state index is 11.7. The summed E-state index contributed by atoms with van der Waals surface area (Å²) in [4.78, 5) is 16.6. The van der Waals surface area contributed by atoms with Crippen molar-refractivity contribution in [2.75, 3.05) is 33.2 Å². The summed E-state index contributed by atoms with van der Waals surface area (Å²) in [6, 6.07) is 10.1. The van der Waals surface area contributed by atoms with Crippen molar-refractivity contribution in [3.05, 3.63) is 35.4 Å². The highest BCUT2D eigenvalue weighted by Crippen LogP contribution is 2.31. The first-order valence-electron chi connectivity index (χ1n) is 8.31. The lowest BCUT2D eigenvalue weighted by atomic mass is 9.86. The minimum absolute atomic E-state index is 0.0875. The fourth-order valence-electron chi connectivity index (χ4n) is 3.81. The zero-order valence-electron chi connectivity index (χ0n) is 13.7. The molecule has 0 aliphatic carbocycles. The van der Waals surface area contributed by atoms with Crippen LogP contribution in [0, 0.1) is 11.3 Å². The Morgan fingerprint density at radius 2 is 2.22 bits per heavy atom. The zero-order valence-corrected chi connectivity index (χ0v) is 13.7. The highest BCUT2D eigenvalue weighted by atomic mass is 16.1. The van der Waals surface area contributed by atoms with Crippen LogP contribution in [-0.2, 0) is 11.3 Å². The quantitative estimate of drug-likeness (QED) is 0.895. The number of carbonyl (C=O) groups is 1. The fourth-order valence-corrected chi connectivity index (χ4v) is 3.81. The minimum atomic E-state index is 0.0875. The number of benzene rings is 1. The maximum atomic E-state index is 11.7. The molecule has 1 aromatic rings. The molecule has 2 saturated heterocycles. The Morgan fingerprint density at radius 3 is 3.04 bits per heavy atom. The molecule has 0 saturated carbocycles. The first-order chi connectivity index (χ1) is 11.1. The van der Waals surface area contributed by atoms with Crippen molar-refractivity contribution >= 4 is 5.91 Å². The average Bonchev–Trinajstić information content (AvgIpc) is 2.74. The standard InChI is InChI=1S/C18H24N4O/c1-21-9-10-22(13-16-4-2-3-15(11-16)12-19)14-18(21)6-5-17(23)20-8-7-18/h2-4,11H,5-10,13-14H2,1H3,(H,20,23)/t18-/m0/s1. The molecule has 1 atom stereocenters. The van der Waals surface area contributed by atoms with Gasteiger partial charge in [0.2, 0.25) is 5.91 Å². The van der Waals surface area contributed by atoms with Crippen LogP contribution in [0.1, 0.15) is 30.4 Å². The van der Waals surface area contributed by atoms with Crippen molar-refractivity contribution in [3.63, 3.8) is 0 Å². The number of nitrogens with zero attached hydrogens (tertiary/aromatic N) is 3. The number of rotatable bonds is 2. The van der Waals surface area contributed by atoms with E-state index in [0.717, 1.165) is 51.1 Å². The van der Waals surface area contributed by atoms with Gasteiger partial charge in [-0.1, -0.05) is 12.1 Å². The molecule has 1 amide bonds. The van der Waals surface area contributed by atoms with Crippen LogP contribution in [0.2, 0.25) is 0 Å². The van der Waals surface area contributed by atoms with E-state index in [1.54, 1.807) is 0 Å².